The molecule has 0 atom stereocenters. The van der Waals surface area contributed by atoms with Gasteiger partial charge < -0.3 is 38.7 Å². The number of benzene rings is 1. The van der Waals surface area contributed by atoms with Crippen molar-refractivity contribution in [1.82, 2.24) is 0 Å². The predicted octanol–water partition coefficient (Wildman–Crippen LogP) is 1.45. The first-order chi connectivity index (χ1) is 17.3. The Hall–Kier alpha value is -1.72. The second kappa shape index (κ2) is 21.2. The summed E-state index contributed by atoms with van der Waals surface area (Å²) in [7, 11) is 0. The van der Waals surface area contributed by atoms with Gasteiger partial charge >= 0.3 is 0 Å². The fraction of sp³-hybridized carbons (Fsp3) is 0.500. The highest BCUT2D eigenvalue weighted by Gasteiger charge is 2.10. The SMILES string of the molecule is CCCCCCCCCCCCCCOc1cc(C[n+]2ccccc2)cc(C[n+]2ccccc2)c1.[Br-].[Br-]. The summed E-state index contributed by atoms with van der Waals surface area (Å²) in [4.78, 5) is 0. The lowest BCUT2D eigenvalue weighted by molar-refractivity contribution is -0.689. The van der Waals surface area contributed by atoms with Crippen LogP contribution in [0.15, 0.2) is 79.4 Å². The van der Waals surface area contributed by atoms with Gasteiger partial charge in [-0.1, -0.05) is 89.7 Å². The molecule has 0 saturated heterocycles. The van der Waals surface area contributed by atoms with Gasteiger partial charge in [0, 0.05) is 35.4 Å². The Kier molecular flexibility index (Phi) is 19.1. The van der Waals surface area contributed by atoms with Gasteiger partial charge in [0.25, 0.3) is 0 Å². The van der Waals surface area contributed by atoms with Crippen LogP contribution in [0.3, 0.4) is 0 Å². The maximum atomic E-state index is 6.24. The molecule has 0 N–H and O–H groups in total. The van der Waals surface area contributed by atoms with Gasteiger partial charge in [-0.3, -0.25) is 0 Å². The number of rotatable bonds is 18. The van der Waals surface area contributed by atoms with E-state index in [1.54, 1.807) is 0 Å². The summed E-state index contributed by atoms with van der Waals surface area (Å²) in [6.07, 6.45) is 24.9. The Labute approximate surface area is 246 Å². The third kappa shape index (κ3) is 14.7. The average molecular weight is 635 g/mol. The van der Waals surface area contributed by atoms with Crippen molar-refractivity contribution in [1.29, 1.82) is 0 Å². The van der Waals surface area contributed by atoms with Crippen molar-refractivity contribution in [2.45, 2.75) is 97.1 Å². The molecule has 2 heterocycles. The summed E-state index contributed by atoms with van der Waals surface area (Å²) >= 11 is 0. The molecule has 37 heavy (non-hydrogen) atoms. The van der Waals surface area contributed by atoms with E-state index in [1.807, 2.05) is 0 Å². The first kappa shape index (κ1) is 33.3. The van der Waals surface area contributed by atoms with Crippen LogP contribution in [-0.2, 0) is 13.1 Å². The van der Waals surface area contributed by atoms with Crippen LogP contribution in [-0.4, -0.2) is 6.61 Å². The molecule has 0 aliphatic carbocycles. The van der Waals surface area contributed by atoms with Crippen molar-refractivity contribution in [3.8, 4) is 5.75 Å². The lowest BCUT2D eigenvalue weighted by Crippen LogP contribution is -3.00. The third-order valence-electron chi connectivity index (χ3n) is 6.58. The number of aromatic nitrogens is 2. The van der Waals surface area contributed by atoms with Gasteiger partial charge in [0.15, 0.2) is 37.9 Å². The number of hydrogen-bond acceptors (Lipinski definition) is 1. The molecule has 0 saturated carbocycles. The van der Waals surface area contributed by atoms with Gasteiger partial charge in [-0.15, -0.1) is 0 Å². The normalized spacial score (nSPS) is 10.4. The summed E-state index contributed by atoms with van der Waals surface area (Å²) in [6.45, 7) is 4.79. The fourth-order valence-electron chi connectivity index (χ4n) is 4.63. The van der Waals surface area contributed by atoms with Crippen molar-refractivity contribution < 1.29 is 47.8 Å². The Bertz CT molecular complexity index is 878. The number of halogens is 2. The molecule has 0 radical (unpaired) electrons. The van der Waals surface area contributed by atoms with Crippen LogP contribution < -0.4 is 47.8 Å². The number of nitrogens with zero attached hydrogens (tertiary/aromatic N) is 2. The quantitative estimate of drug-likeness (QED) is 0.153. The Morgan fingerprint density at radius 3 is 1.35 bits per heavy atom. The smallest absolute Gasteiger partial charge is 0.173 e. The first-order valence-corrected chi connectivity index (χ1v) is 14.0. The van der Waals surface area contributed by atoms with E-state index in [1.165, 1.54) is 81.8 Å². The van der Waals surface area contributed by atoms with Gasteiger partial charge in [-0.05, 0) is 24.6 Å². The molecule has 0 bridgehead atoms. The molecule has 0 aliphatic rings. The Balaban J connectivity index is 0.00000342. The second-order valence-electron chi connectivity index (χ2n) is 9.82. The molecular formula is C32H46Br2N2O. The molecule has 3 aromatic rings. The minimum absolute atomic E-state index is 0. The summed E-state index contributed by atoms with van der Waals surface area (Å²) < 4.78 is 10.7. The van der Waals surface area contributed by atoms with Crippen molar-refractivity contribution in [2.24, 2.45) is 0 Å². The molecule has 1 aromatic carbocycles. The summed E-state index contributed by atoms with van der Waals surface area (Å²) in [6, 6.07) is 19.1. The minimum atomic E-state index is 0. The van der Waals surface area contributed by atoms with Crippen LogP contribution in [0.5, 0.6) is 5.75 Å². The average Bonchev–Trinajstić information content (AvgIpc) is 2.88. The van der Waals surface area contributed by atoms with Crippen LogP contribution in [0, 0.1) is 0 Å². The van der Waals surface area contributed by atoms with E-state index in [4.69, 9.17) is 4.74 Å². The van der Waals surface area contributed by atoms with Crippen molar-refractivity contribution >= 4 is 0 Å². The fourth-order valence-corrected chi connectivity index (χ4v) is 4.63. The first-order valence-electron chi connectivity index (χ1n) is 14.0. The maximum absolute atomic E-state index is 6.24. The van der Waals surface area contributed by atoms with Crippen LogP contribution in [0.25, 0.3) is 0 Å². The second-order valence-corrected chi connectivity index (χ2v) is 9.82. The molecule has 5 heteroatoms. The molecule has 0 amide bonds. The van der Waals surface area contributed by atoms with Crippen LogP contribution in [0.1, 0.15) is 95.1 Å². The monoisotopic (exact) mass is 632 g/mol. The zero-order chi connectivity index (χ0) is 24.4. The van der Waals surface area contributed by atoms with Gasteiger partial charge in [0.2, 0.25) is 0 Å². The highest BCUT2D eigenvalue weighted by atomic mass is 79.9. The Morgan fingerprint density at radius 1 is 0.514 bits per heavy atom. The van der Waals surface area contributed by atoms with Crippen molar-refractivity contribution in [3.05, 3.63) is 90.5 Å². The van der Waals surface area contributed by atoms with Crippen molar-refractivity contribution in [2.75, 3.05) is 6.61 Å². The number of hydrogen-bond donors (Lipinski definition) is 0. The van der Waals surface area contributed by atoms with E-state index in [2.05, 4.69) is 95.4 Å². The third-order valence-corrected chi connectivity index (χ3v) is 6.58. The van der Waals surface area contributed by atoms with E-state index in [9.17, 15) is 0 Å². The molecule has 0 aliphatic heterocycles. The zero-order valence-corrected chi connectivity index (χ0v) is 25.8. The largest absolute Gasteiger partial charge is 1.00 e. The highest BCUT2D eigenvalue weighted by Crippen LogP contribution is 2.19. The summed E-state index contributed by atoms with van der Waals surface area (Å²) in [5.74, 6) is 0.994. The van der Waals surface area contributed by atoms with Gasteiger partial charge in [0.1, 0.15) is 5.75 Å². The van der Waals surface area contributed by atoms with Gasteiger partial charge in [-0.2, -0.15) is 0 Å². The predicted molar refractivity (Wildman–Crippen MR) is 144 cm³/mol. The lowest BCUT2D eigenvalue weighted by Gasteiger charge is -2.10. The van der Waals surface area contributed by atoms with Crippen LogP contribution >= 0.6 is 0 Å². The number of ether oxygens (including phenoxy) is 1. The maximum Gasteiger partial charge on any atom is 0.173 e. The van der Waals surface area contributed by atoms with E-state index >= 15 is 0 Å². The summed E-state index contributed by atoms with van der Waals surface area (Å²) in [5.41, 5.74) is 2.56. The zero-order valence-electron chi connectivity index (χ0n) is 22.7. The molecule has 3 rings (SSSR count). The summed E-state index contributed by atoms with van der Waals surface area (Å²) in [5, 5.41) is 0. The Morgan fingerprint density at radius 2 is 0.919 bits per heavy atom. The molecule has 204 valence electrons. The van der Waals surface area contributed by atoms with E-state index in [-0.39, 0.29) is 34.0 Å². The minimum Gasteiger partial charge on any atom is -1.00 e. The molecule has 0 spiro atoms. The van der Waals surface area contributed by atoms with Crippen LogP contribution in [0.4, 0.5) is 0 Å². The van der Waals surface area contributed by atoms with E-state index in [0.29, 0.717) is 0 Å². The highest BCUT2D eigenvalue weighted by molar-refractivity contribution is 5.34. The molecular weight excluding hydrogens is 588 g/mol. The standard InChI is InChI=1S/C32H46N2O.2BrH/c1-2-3-4-5-6-7-8-9-10-11-12-19-24-35-32-26-30(28-33-20-15-13-16-21-33)25-31(27-32)29-34-22-17-14-18-23-34;;/h13-18,20-23,25-27H,2-12,19,24,28-29H2,1H3;2*1H/q+2;;/p-2. The topological polar surface area (TPSA) is 17.0 Å². The van der Waals surface area contributed by atoms with E-state index < -0.39 is 0 Å². The molecule has 0 unspecified atom stereocenters. The van der Waals surface area contributed by atoms with Crippen LogP contribution in [0.2, 0.25) is 0 Å². The lowest BCUT2D eigenvalue weighted by atomic mass is 10.1. The number of unbranched alkanes of at least 4 members (excludes halogenated alkanes) is 11. The van der Waals surface area contributed by atoms with Gasteiger partial charge in [0.05, 0.1) is 6.61 Å². The number of pyridine rings is 2. The molecule has 2 aromatic heterocycles. The molecule has 3 nitrogen and oxygen atoms in total. The molecule has 0 fully saturated rings. The van der Waals surface area contributed by atoms with E-state index in [0.717, 1.165) is 31.9 Å². The van der Waals surface area contributed by atoms with Gasteiger partial charge in [-0.25, -0.2) is 9.13 Å². The van der Waals surface area contributed by atoms with Crippen molar-refractivity contribution in [3.63, 3.8) is 0 Å².